The Morgan fingerprint density at radius 1 is 1.21 bits per heavy atom. The van der Waals surface area contributed by atoms with E-state index in [1.165, 1.54) is 19.3 Å². The van der Waals surface area contributed by atoms with Gasteiger partial charge in [0.05, 0.1) is 18.8 Å². The second-order valence-corrected chi connectivity index (χ2v) is 7.25. The van der Waals surface area contributed by atoms with Crippen molar-refractivity contribution in [3.8, 4) is 5.75 Å². The van der Waals surface area contributed by atoms with Crippen LogP contribution >= 0.6 is 0 Å². The van der Waals surface area contributed by atoms with Gasteiger partial charge < -0.3 is 14.4 Å². The Morgan fingerprint density at radius 3 is 2.86 bits per heavy atom. The first-order chi connectivity index (χ1) is 13.6. The average Bonchev–Trinajstić information content (AvgIpc) is 2.68. The van der Waals surface area contributed by atoms with Crippen molar-refractivity contribution in [1.82, 2.24) is 0 Å². The van der Waals surface area contributed by atoms with E-state index in [2.05, 4.69) is 28.9 Å². The maximum atomic E-state index is 11.7. The molecule has 1 unspecified atom stereocenters. The molecule has 1 aromatic carbocycles. The summed E-state index contributed by atoms with van der Waals surface area (Å²) in [6.45, 7) is 7.57. The number of nitrogens with zero attached hydrogens (tertiary/aromatic N) is 2. The predicted molar refractivity (Wildman–Crippen MR) is 115 cm³/mol. The first kappa shape index (κ1) is 22.0. The van der Waals surface area contributed by atoms with E-state index < -0.39 is 0 Å². The highest BCUT2D eigenvalue weighted by molar-refractivity contribution is 5.71. The maximum Gasteiger partial charge on any atom is 0.306 e. The normalized spacial score (nSPS) is 14.5. The van der Waals surface area contributed by atoms with Gasteiger partial charge in [-0.2, -0.15) is 0 Å². The summed E-state index contributed by atoms with van der Waals surface area (Å²) in [5, 5.41) is 0. The number of aliphatic imine (C=N–C) groups is 1. The molecule has 0 aliphatic carbocycles. The van der Waals surface area contributed by atoms with E-state index in [0.717, 1.165) is 36.6 Å². The second kappa shape index (κ2) is 12.2. The molecule has 0 spiro atoms. The summed E-state index contributed by atoms with van der Waals surface area (Å²) in [4.78, 5) is 18.3. The van der Waals surface area contributed by atoms with Gasteiger partial charge >= 0.3 is 5.97 Å². The Labute approximate surface area is 169 Å². The number of unbranched alkanes of at least 4 members (excludes halogenated alkanes) is 3. The largest absolute Gasteiger partial charge is 0.494 e. The molecule has 2 rings (SSSR count). The fraction of sp³-hybridized carbons (Fsp3) is 0.565. The molecule has 0 saturated carbocycles. The molecule has 0 fully saturated rings. The molecular formula is C23H34N2O3. The number of ether oxygens (including phenoxy) is 2. The fourth-order valence-electron chi connectivity index (χ4n) is 3.09. The fourth-order valence-corrected chi connectivity index (χ4v) is 3.09. The molecule has 154 valence electrons. The highest BCUT2D eigenvalue weighted by Crippen LogP contribution is 2.24. The van der Waals surface area contributed by atoms with Gasteiger partial charge in [0, 0.05) is 37.0 Å². The number of esters is 1. The van der Waals surface area contributed by atoms with E-state index in [0.29, 0.717) is 19.4 Å². The van der Waals surface area contributed by atoms with Crippen LogP contribution in [-0.4, -0.2) is 31.4 Å². The molecule has 0 saturated heterocycles. The quantitative estimate of drug-likeness (QED) is 0.351. The molecule has 0 radical (unpaired) electrons. The van der Waals surface area contributed by atoms with Gasteiger partial charge in [0.25, 0.3) is 0 Å². The van der Waals surface area contributed by atoms with E-state index in [-0.39, 0.29) is 12.1 Å². The van der Waals surface area contributed by atoms with Crippen LogP contribution in [0.1, 0.15) is 65.7 Å². The van der Waals surface area contributed by atoms with Crippen molar-refractivity contribution in [1.29, 1.82) is 0 Å². The lowest BCUT2D eigenvalue weighted by Crippen LogP contribution is -2.23. The van der Waals surface area contributed by atoms with Crippen molar-refractivity contribution >= 4 is 17.9 Å². The Kier molecular flexibility index (Phi) is 9.60. The van der Waals surface area contributed by atoms with E-state index in [4.69, 9.17) is 9.47 Å². The number of anilines is 1. The zero-order valence-electron chi connectivity index (χ0n) is 17.5. The molecular weight excluding hydrogens is 352 g/mol. The van der Waals surface area contributed by atoms with Crippen molar-refractivity contribution in [2.24, 2.45) is 4.99 Å². The van der Waals surface area contributed by atoms with Gasteiger partial charge in [0.2, 0.25) is 0 Å². The monoisotopic (exact) mass is 386 g/mol. The molecule has 1 aliphatic heterocycles. The number of carbonyl (C=O) groups excluding carboxylic acids is 1. The van der Waals surface area contributed by atoms with Crippen molar-refractivity contribution in [2.75, 3.05) is 18.1 Å². The lowest BCUT2D eigenvalue weighted by molar-refractivity contribution is -0.148. The zero-order chi connectivity index (χ0) is 20.2. The van der Waals surface area contributed by atoms with Crippen LogP contribution in [0.2, 0.25) is 0 Å². The summed E-state index contributed by atoms with van der Waals surface area (Å²) in [7, 11) is 0. The first-order valence-electron chi connectivity index (χ1n) is 10.5. The minimum Gasteiger partial charge on any atom is -0.494 e. The van der Waals surface area contributed by atoms with Crippen LogP contribution in [0, 0.1) is 0 Å². The summed E-state index contributed by atoms with van der Waals surface area (Å²) in [6, 6.07) is 8.16. The van der Waals surface area contributed by atoms with Crippen molar-refractivity contribution in [2.45, 2.75) is 71.8 Å². The molecule has 1 atom stereocenters. The number of benzene rings is 1. The van der Waals surface area contributed by atoms with Crippen LogP contribution in [0.25, 0.3) is 0 Å². The summed E-state index contributed by atoms with van der Waals surface area (Å²) < 4.78 is 11.3. The van der Waals surface area contributed by atoms with Gasteiger partial charge in [-0.3, -0.25) is 9.79 Å². The first-order valence-corrected chi connectivity index (χ1v) is 10.5. The second-order valence-electron chi connectivity index (χ2n) is 7.25. The molecule has 0 aromatic heterocycles. The molecule has 1 aromatic rings. The average molecular weight is 387 g/mol. The molecule has 1 aliphatic rings. The van der Waals surface area contributed by atoms with Crippen LogP contribution < -0.4 is 9.64 Å². The molecule has 5 heteroatoms. The SMILES string of the molecule is CCCCCCOc1cccc(N2C=C(CC(C)OC(=O)CCC)N=CC2)c1. The Balaban J connectivity index is 1.91. The van der Waals surface area contributed by atoms with Crippen molar-refractivity contribution in [3.05, 3.63) is 36.2 Å². The van der Waals surface area contributed by atoms with E-state index >= 15 is 0 Å². The minimum atomic E-state index is -0.180. The van der Waals surface area contributed by atoms with Gasteiger partial charge in [-0.15, -0.1) is 0 Å². The highest BCUT2D eigenvalue weighted by atomic mass is 16.5. The highest BCUT2D eigenvalue weighted by Gasteiger charge is 2.15. The van der Waals surface area contributed by atoms with Gasteiger partial charge in [-0.1, -0.05) is 39.2 Å². The lowest BCUT2D eigenvalue weighted by atomic mass is 10.2. The predicted octanol–water partition coefficient (Wildman–Crippen LogP) is 5.50. The maximum absolute atomic E-state index is 11.7. The van der Waals surface area contributed by atoms with Gasteiger partial charge in [0.1, 0.15) is 11.9 Å². The van der Waals surface area contributed by atoms with E-state index in [1.54, 1.807) is 0 Å². The number of hydrogen-bond donors (Lipinski definition) is 0. The third-order valence-electron chi connectivity index (χ3n) is 4.54. The van der Waals surface area contributed by atoms with Crippen LogP contribution in [0.5, 0.6) is 5.75 Å². The summed E-state index contributed by atoms with van der Waals surface area (Å²) in [5.41, 5.74) is 1.99. The van der Waals surface area contributed by atoms with Crippen molar-refractivity contribution < 1.29 is 14.3 Å². The van der Waals surface area contributed by atoms with Crippen molar-refractivity contribution in [3.63, 3.8) is 0 Å². The third kappa shape index (κ3) is 7.75. The molecule has 5 nitrogen and oxygen atoms in total. The van der Waals surface area contributed by atoms with Crippen LogP contribution in [-0.2, 0) is 9.53 Å². The van der Waals surface area contributed by atoms with E-state index in [9.17, 15) is 4.79 Å². The Bertz CT molecular complexity index is 670. The molecule has 0 amide bonds. The standard InChI is InChI=1S/C23H34N2O3/c1-4-6-7-8-15-27-22-12-9-11-21(17-22)25-14-13-24-20(18-25)16-19(3)28-23(26)10-5-2/h9,11-13,17-19H,4-8,10,14-16H2,1-3H3. The smallest absolute Gasteiger partial charge is 0.306 e. The Morgan fingerprint density at radius 2 is 2.07 bits per heavy atom. The molecule has 0 N–H and O–H groups in total. The van der Waals surface area contributed by atoms with E-state index in [1.807, 2.05) is 38.4 Å². The lowest BCUT2D eigenvalue weighted by Gasteiger charge is -2.24. The molecule has 28 heavy (non-hydrogen) atoms. The van der Waals surface area contributed by atoms with Gasteiger partial charge in [-0.25, -0.2) is 0 Å². The van der Waals surface area contributed by atoms with Crippen LogP contribution in [0.3, 0.4) is 0 Å². The minimum absolute atomic E-state index is 0.143. The van der Waals surface area contributed by atoms with Gasteiger partial charge in [0.15, 0.2) is 0 Å². The number of hydrogen-bond acceptors (Lipinski definition) is 5. The summed E-state index contributed by atoms with van der Waals surface area (Å²) >= 11 is 0. The molecule has 0 bridgehead atoms. The van der Waals surface area contributed by atoms with Gasteiger partial charge in [-0.05, 0) is 31.9 Å². The third-order valence-corrected chi connectivity index (χ3v) is 4.54. The number of rotatable bonds is 12. The Hall–Kier alpha value is -2.30. The van der Waals surface area contributed by atoms with Crippen LogP contribution in [0.4, 0.5) is 5.69 Å². The summed E-state index contributed by atoms with van der Waals surface area (Å²) in [5.74, 6) is 0.754. The zero-order valence-corrected chi connectivity index (χ0v) is 17.5. The molecule has 1 heterocycles. The topological polar surface area (TPSA) is 51.1 Å². The number of carbonyl (C=O) groups is 1. The van der Waals surface area contributed by atoms with Crippen LogP contribution in [0.15, 0.2) is 41.2 Å². The summed E-state index contributed by atoms with van der Waals surface area (Å²) in [6.07, 6.45) is 10.4.